The molecule has 1 aromatic heterocycles. The lowest BCUT2D eigenvalue weighted by atomic mass is 10.1. The number of amides is 1. The van der Waals surface area contributed by atoms with E-state index in [4.69, 9.17) is 0 Å². The van der Waals surface area contributed by atoms with Gasteiger partial charge in [-0.1, -0.05) is 13.0 Å². The Morgan fingerprint density at radius 1 is 1.08 bits per heavy atom. The summed E-state index contributed by atoms with van der Waals surface area (Å²) in [6, 6.07) is 10.5. The maximum absolute atomic E-state index is 13.5. The third-order valence-corrected chi connectivity index (χ3v) is 7.40. The number of aromatic carboxylic acids is 1. The monoisotopic (exact) mass is 529 g/mol. The summed E-state index contributed by atoms with van der Waals surface area (Å²) in [5.74, 6) is -1.39. The lowest BCUT2D eigenvalue weighted by molar-refractivity contribution is -0.122. The van der Waals surface area contributed by atoms with E-state index in [0.29, 0.717) is 50.6 Å². The molecule has 4 rings (SSSR count). The number of hydrogen-bond acceptors (Lipinski definition) is 7. The largest absolute Gasteiger partial charge is 0.478 e. The molecule has 0 saturated carbocycles. The molecule has 1 amide bonds. The number of nitrogens with zero attached hydrogens (tertiary/aromatic N) is 3. The predicted molar refractivity (Wildman–Crippen MR) is 138 cm³/mol. The van der Waals surface area contributed by atoms with Crippen molar-refractivity contribution in [3.05, 3.63) is 59.9 Å². The van der Waals surface area contributed by atoms with Gasteiger partial charge in [-0.2, -0.15) is 0 Å². The van der Waals surface area contributed by atoms with E-state index in [-0.39, 0.29) is 27.4 Å². The molecule has 0 spiro atoms. The van der Waals surface area contributed by atoms with E-state index in [2.05, 4.69) is 15.0 Å². The van der Waals surface area contributed by atoms with Gasteiger partial charge in [0, 0.05) is 43.8 Å². The molecule has 1 fully saturated rings. The highest BCUT2D eigenvalue weighted by atomic mass is 32.2. The smallest absolute Gasteiger partial charge is 0.336 e. The molecule has 1 saturated heterocycles. The summed E-state index contributed by atoms with van der Waals surface area (Å²) in [5, 5.41) is 13.0. The van der Waals surface area contributed by atoms with Crippen LogP contribution in [0.15, 0.2) is 53.4 Å². The molecule has 10 nitrogen and oxygen atoms in total. The van der Waals surface area contributed by atoms with Crippen molar-refractivity contribution in [3.63, 3.8) is 0 Å². The third-order valence-electron chi connectivity index (χ3n) is 6.02. The molecular weight excluding hydrogens is 501 g/mol. The summed E-state index contributed by atoms with van der Waals surface area (Å²) < 4.78 is 41.2. The number of rotatable bonds is 9. The average Bonchev–Trinajstić information content (AvgIpc) is 2.87. The molecule has 0 atom stereocenters. The molecule has 12 heteroatoms. The highest BCUT2D eigenvalue weighted by Crippen LogP contribution is 2.28. The van der Waals surface area contributed by atoms with Crippen LogP contribution in [0.25, 0.3) is 10.9 Å². The number of pyridine rings is 1. The fourth-order valence-corrected chi connectivity index (χ4v) is 5.20. The number of benzene rings is 2. The summed E-state index contributed by atoms with van der Waals surface area (Å²) in [7, 11) is -4.08. The van der Waals surface area contributed by atoms with Gasteiger partial charge in [-0.15, -0.1) is 0 Å². The number of fused-ring (bicyclic) bond motifs is 1. The highest BCUT2D eigenvalue weighted by molar-refractivity contribution is 7.92. The van der Waals surface area contributed by atoms with Gasteiger partial charge in [0.1, 0.15) is 11.6 Å². The van der Waals surface area contributed by atoms with E-state index < -0.39 is 21.8 Å². The molecule has 2 aromatic carbocycles. The standard InChI is InChI=1S/C25H28FN5O5S/c1-2-8-27-24(32)16-30-9-11-31(12-10-30)23-15-21(25(33)34)20-14-18(6-7-22(20)28-23)29-37(35,36)19-5-3-4-17(26)13-19/h3-7,13-15,29H,2,8-12,16H2,1H3,(H,27,32)(H,33,34). The highest BCUT2D eigenvalue weighted by Gasteiger charge is 2.23. The number of sulfonamides is 1. The number of hydrogen-bond donors (Lipinski definition) is 3. The van der Waals surface area contributed by atoms with Gasteiger partial charge < -0.3 is 15.3 Å². The third kappa shape index (κ3) is 6.33. The number of carbonyl (C=O) groups excluding carboxylic acids is 1. The lowest BCUT2D eigenvalue weighted by Gasteiger charge is -2.35. The first-order valence-corrected chi connectivity index (χ1v) is 13.3. The van der Waals surface area contributed by atoms with Crippen molar-refractivity contribution in [1.82, 2.24) is 15.2 Å². The molecule has 0 bridgehead atoms. The average molecular weight is 530 g/mol. The number of halogens is 1. The molecule has 0 aliphatic carbocycles. The molecule has 2 heterocycles. The van der Waals surface area contributed by atoms with Crippen molar-refractivity contribution >= 4 is 44.3 Å². The van der Waals surface area contributed by atoms with Gasteiger partial charge >= 0.3 is 5.97 Å². The van der Waals surface area contributed by atoms with Gasteiger partial charge in [-0.25, -0.2) is 22.6 Å². The molecule has 1 aliphatic heterocycles. The Labute approximate surface area is 214 Å². The first kappa shape index (κ1) is 26.3. The summed E-state index contributed by atoms with van der Waals surface area (Å²) in [5.41, 5.74) is 0.502. The minimum atomic E-state index is -4.08. The van der Waals surface area contributed by atoms with Gasteiger partial charge in [0.05, 0.1) is 22.5 Å². The zero-order valence-corrected chi connectivity index (χ0v) is 21.1. The van der Waals surface area contributed by atoms with Crippen molar-refractivity contribution in [2.75, 3.05) is 48.9 Å². The second-order valence-corrected chi connectivity index (χ2v) is 10.4. The SMILES string of the molecule is CCCNC(=O)CN1CCN(c2cc(C(=O)O)c3cc(NS(=O)(=O)c4cccc(F)c4)ccc3n2)CC1. The molecule has 3 N–H and O–H groups in total. The summed E-state index contributed by atoms with van der Waals surface area (Å²) >= 11 is 0. The van der Waals surface area contributed by atoms with E-state index in [1.165, 1.54) is 30.3 Å². The first-order chi connectivity index (χ1) is 17.7. The van der Waals surface area contributed by atoms with Crippen LogP contribution in [0.3, 0.4) is 0 Å². The van der Waals surface area contributed by atoms with Crippen molar-refractivity contribution < 1.29 is 27.5 Å². The maximum Gasteiger partial charge on any atom is 0.336 e. The molecule has 0 radical (unpaired) electrons. The zero-order valence-electron chi connectivity index (χ0n) is 20.3. The maximum atomic E-state index is 13.5. The number of anilines is 2. The Bertz CT molecular complexity index is 1420. The van der Waals surface area contributed by atoms with E-state index in [1.54, 1.807) is 6.07 Å². The minimum absolute atomic E-state index is 0.0175. The Hall–Kier alpha value is -3.77. The fraction of sp³-hybridized carbons (Fsp3) is 0.320. The first-order valence-electron chi connectivity index (χ1n) is 11.9. The molecule has 3 aromatic rings. The summed E-state index contributed by atoms with van der Waals surface area (Å²) in [6.07, 6.45) is 0.874. The number of piperazine rings is 1. The van der Waals surface area contributed by atoms with Crippen LogP contribution in [0.2, 0.25) is 0 Å². The van der Waals surface area contributed by atoms with Gasteiger partial charge in [0.2, 0.25) is 5.91 Å². The number of nitrogens with one attached hydrogen (secondary N) is 2. The summed E-state index contributed by atoms with van der Waals surface area (Å²) in [4.78, 5) is 32.4. The second-order valence-electron chi connectivity index (χ2n) is 8.74. The van der Waals surface area contributed by atoms with E-state index >= 15 is 0 Å². The number of carboxylic acid groups (broad SMARTS) is 1. The van der Waals surface area contributed by atoms with Gasteiger partial charge in [-0.05, 0) is 48.9 Å². The van der Waals surface area contributed by atoms with Gasteiger partial charge in [0.25, 0.3) is 10.0 Å². The fourth-order valence-electron chi connectivity index (χ4n) is 4.12. The minimum Gasteiger partial charge on any atom is -0.478 e. The number of carbonyl (C=O) groups is 2. The Balaban J connectivity index is 1.54. The molecule has 1 aliphatic rings. The number of aromatic nitrogens is 1. The van der Waals surface area contributed by atoms with Gasteiger partial charge in [-0.3, -0.25) is 14.4 Å². The molecule has 196 valence electrons. The van der Waals surface area contributed by atoms with Gasteiger partial charge in [0.15, 0.2) is 0 Å². The van der Waals surface area contributed by atoms with E-state index in [9.17, 15) is 27.5 Å². The van der Waals surface area contributed by atoms with Crippen LogP contribution < -0.4 is 14.9 Å². The van der Waals surface area contributed by atoms with Crippen LogP contribution in [-0.2, 0) is 14.8 Å². The lowest BCUT2D eigenvalue weighted by Crippen LogP contribution is -2.49. The van der Waals surface area contributed by atoms with Crippen LogP contribution in [0.5, 0.6) is 0 Å². The second kappa shape index (κ2) is 11.1. The van der Waals surface area contributed by atoms with Crippen LogP contribution in [-0.4, -0.2) is 74.6 Å². The van der Waals surface area contributed by atoms with Crippen molar-refractivity contribution in [2.24, 2.45) is 0 Å². The zero-order chi connectivity index (χ0) is 26.6. The quantitative estimate of drug-likeness (QED) is 0.385. The number of carboxylic acids is 1. The molecular formula is C25H28FN5O5S. The van der Waals surface area contributed by atoms with Crippen LogP contribution >= 0.6 is 0 Å². The predicted octanol–water partition coefficient (Wildman–Crippen LogP) is 2.52. The van der Waals surface area contributed by atoms with Crippen LogP contribution in [0.4, 0.5) is 15.9 Å². The Morgan fingerprint density at radius 2 is 1.84 bits per heavy atom. The van der Waals surface area contributed by atoms with Crippen molar-refractivity contribution in [1.29, 1.82) is 0 Å². The van der Waals surface area contributed by atoms with Crippen molar-refractivity contribution in [2.45, 2.75) is 18.2 Å². The Morgan fingerprint density at radius 3 is 2.51 bits per heavy atom. The van der Waals surface area contributed by atoms with E-state index in [1.807, 2.05) is 16.7 Å². The van der Waals surface area contributed by atoms with Crippen molar-refractivity contribution in [3.8, 4) is 0 Å². The van der Waals surface area contributed by atoms with Crippen LogP contribution in [0.1, 0.15) is 23.7 Å². The molecule has 0 unspecified atom stereocenters. The summed E-state index contributed by atoms with van der Waals surface area (Å²) in [6.45, 7) is 5.35. The molecule has 37 heavy (non-hydrogen) atoms. The topological polar surface area (TPSA) is 132 Å². The van der Waals surface area contributed by atoms with E-state index in [0.717, 1.165) is 18.6 Å². The normalized spacial score (nSPS) is 14.5. The van der Waals surface area contributed by atoms with Crippen LogP contribution in [0, 0.1) is 5.82 Å². The Kier molecular flexibility index (Phi) is 7.89.